The van der Waals surface area contributed by atoms with Crippen molar-refractivity contribution in [3.05, 3.63) is 11.8 Å². The van der Waals surface area contributed by atoms with Crippen LogP contribution in [0.15, 0.2) is 11.8 Å². The molecule has 0 aromatic heterocycles. The maximum absolute atomic E-state index is 5.75. The van der Waals surface area contributed by atoms with E-state index in [-0.39, 0.29) is 0 Å². The Bertz CT molecular complexity index is 124. The molecule has 0 heterocycles. The molecule has 0 spiro atoms. The second-order valence-corrected chi connectivity index (χ2v) is 3.14. The summed E-state index contributed by atoms with van der Waals surface area (Å²) in [5, 5.41) is 0. The highest BCUT2D eigenvalue weighted by molar-refractivity contribution is 4.96. The van der Waals surface area contributed by atoms with Crippen LogP contribution >= 0.6 is 0 Å². The normalized spacial score (nSPS) is 12.5. The quantitative estimate of drug-likeness (QED) is 0.660. The van der Waals surface area contributed by atoms with Crippen molar-refractivity contribution in [3.63, 3.8) is 0 Å². The number of nitrogens with zero attached hydrogens (tertiary/aromatic N) is 1. The molecule has 0 saturated carbocycles. The van der Waals surface area contributed by atoms with Crippen molar-refractivity contribution in [2.45, 2.75) is 33.6 Å². The van der Waals surface area contributed by atoms with Gasteiger partial charge in [-0.2, -0.15) is 0 Å². The molecule has 0 aliphatic heterocycles. The Labute approximate surface area is 76.4 Å². The maximum Gasteiger partial charge on any atom is 0.0376 e. The summed E-state index contributed by atoms with van der Waals surface area (Å²) in [5.74, 6) is 0. The highest BCUT2D eigenvalue weighted by Crippen LogP contribution is 1.97. The maximum atomic E-state index is 5.75. The van der Waals surface area contributed by atoms with Crippen molar-refractivity contribution in [2.24, 2.45) is 5.73 Å². The molecule has 0 aliphatic rings. The van der Waals surface area contributed by atoms with Crippen molar-refractivity contribution < 1.29 is 0 Å². The van der Waals surface area contributed by atoms with Crippen LogP contribution in [0.3, 0.4) is 0 Å². The topological polar surface area (TPSA) is 29.3 Å². The summed E-state index contributed by atoms with van der Waals surface area (Å²) >= 11 is 0. The number of nitrogens with two attached hydrogens (primary N) is 1. The fourth-order valence-corrected chi connectivity index (χ4v) is 1.25. The van der Waals surface area contributed by atoms with E-state index < -0.39 is 0 Å². The third-order valence-electron chi connectivity index (χ3n) is 1.86. The average Bonchev–Trinajstić information content (AvgIpc) is 2.05. The zero-order valence-electron chi connectivity index (χ0n) is 8.64. The van der Waals surface area contributed by atoms with Crippen LogP contribution in [0.2, 0.25) is 0 Å². The predicted octanol–water partition coefficient (Wildman–Crippen LogP) is 1.97. The van der Waals surface area contributed by atoms with Crippen molar-refractivity contribution in [1.82, 2.24) is 4.90 Å². The minimum atomic E-state index is 0.929. The lowest BCUT2D eigenvalue weighted by atomic mass is 10.3. The lowest BCUT2D eigenvalue weighted by Crippen LogP contribution is -2.29. The van der Waals surface area contributed by atoms with Gasteiger partial charge in [0, 0.05) is 12.2 Å². The summed E-state index contributed by atoms with van der Waals surface area (Å²) in [6.07, 6.45) is 4.40. The van der Waals surface area contributed by atoms with Gasteiger partial charge in [-0.3, -0.25) is 4.90 Å². The molecule has 2 nitrogen and oxygen atoms in total. The van der Waals surface area contributed by atoms with Gasteiger partial charge in [0.2, 0.25) is 0 Å². The fraction of sp³-hybridized carbons (Fsp3) is 0.800. The number of allylic oxidation sites excluding steroid dienone is 1. The largest absolute Gasteiger partial charge is 0.401 e. The van der Waals surface area contributed by atoms with E-state index in [9.17, 15) is 0 Å². The van der Waals surface area contributed by atoms with Gasteiger partial charge in [0.15, 0.2) is 0 Å². The first-order valence-electron chi connectivity index (χ1n) is 4.87. The van der Waals surface area contributed by atoms with Crippen LogP contribution in [-0.4, -0.2) is 24.5 Å². The first-order chi connectivity index (χ1) is 5.74. The van der Waals surface area contributed by atoms with E-state index in [4.69, 9.17) is 5.73 Å². The standard InChI is InChI=1S/C10H22N2/c1-4-7-12(8-5-2)9-10(11)6-3/h6H,4-5,7-9,11H2,1-3H3/b10-6-. The van der Waals surface area contributed by atoms with Crippen LogP contribution in [0.5, 0.6) is 0 Å². The second-order valence-electron chi connectivity index (χ2n) is 3.14. The van der Waals surface area contributed by atoms with Crippen LogP contribution in [-0.2, 0) is 0 Å². The van der Waals surface area contributed by atoms with Crippen LogP contribution in [0, 0.1) is 0 Å². The molecule has 0 unspecified atom stereocenters. The Kier molecular flexibility index (Phi) is 6.87. The predicted molar refractivity (Wildman–Crippen MR) is 55.0 cm³/mol. The van der Waals surface area contributed by atoms with Gasteiger partial charge in [-0.25, -0.2) is 0 Å². The Morgan fingerprint density at radius 2 is 1.75 bits per heavy atom. The van der Waals surface area contributed by atoms with E-state index in [0.29, 0.717) is 0 Å². The molecule has 2 heteroatoms. The average molecular weight is 170 g/mol. The molecule has 0 aromatic rings. The highest BCUT2D eigenvalue weighted by atomic mass is 15.1. The smallest absolute Gasteiger partial charge is 0.0376 e. The van der Waals surface area contributed by atoms with Crippen molar-refractivity contribution in [1.29, 1.82) is 0 Å². The Balaban J connectivity index is 3.77. The third kappa shape index (κ3) is 5.19. The molecule has 0 bridgehead atoms. The number of rotatable bonds is 6. The van der Waals surface area contributed by atoms with E-state index in [0.717, 1.165) is 25.3 Å². The fourth-order valence-electron chi connectivity index (χ4n) is 1.25. The molecular formula is C10H22N2. The summed E-state index contributed by atoms with van der Waals surface area (Å²) in [6.45, 7) is 9.64. The first kappa shape index (κ1) is 11.5. The summed E-state index contributed by atoms with van der Waals surface area (Å²) in [7, 11) is 0. The van der Waals surface area contributed by atoms with Crippen LogP contribution in [0.25, 0.3) is 0 Å². The molecule has 0 fully saturated rings. The monoisotopic (exact) mass is 170 g/mol. The van der Waals surface area contributed by atoms with Gasteiger partial charge in [-0.15, -0.1) is 0 Å². The first-order valence-corrected chi connectivity index (χ1v) is 4.87. The van der Waals surface area contributed by atoms with Crippen LogP contribution in [0.1, 0.15) is 33.6 Å². The van der Waals surface area contributed by atoms with E-state index in [1.54, 1.807) is 0 Å². The summed E-state index contributed by atoms with van der Waals surface area (Å²) in [6, 6.07) is 0. The van der Waals surface area contributed by atoms with Gasteiger partial charge in [0.05, 0.1) is 0 Å². The van der Waals surface area contributed by atoms with Crippen molar-refractivity contribution in [2.75, 3.05) is 19.6 Å². The van der Waals surface area contributed by atoms with Crippen molar-refractivity contribution >= 4 is 0 Å². The highest BCUT2D eigenvalue weighted by Gasteiger charge is 2.01. The lowest BCUT2D eigenvalue weighted by Gasteiger charge is -2.20. The summed E-state index contributed by atoms with van der Waals surface area (Å²) in [5.41, 5.74) is 6.74. The molecule has 0 aliphatic carbocycles. The Hall–Kier alpha value is -0.500. The molecule has 0 atom stereocenters. The zero-order valence-corrected chi connectivity index (χ0v) is 8.64. The summed E-state index contributed by atoms with van der Waals surface area (Å²) in [4.78, 5) is 2.40. The molecular weight excluding hydrogens is 148 g/mol. The Morgan fingerprint density at radius 1 is 1.25 bits per heavy atom. The van der Waals surface area contributed by atoms with Gasteiger partial charge in [-0.05, 0) is 32.9 Å². The van der Waals surface area contributed by atoms with E-state index >= 15 is 0 Å². The Morgan fingerprint density at radius 3 is 2.08 bits per heavy atom. The zero-order chi connectivity index (χ0) is 9.40. The van der Waals surface area contributed by atoms with Crippen LogP contribution < -0.4 is 5.73 Å². The van der Waals surface area contributed by atoms with E-state index in [2.05, 4.69) is 18.7 Å². The minimum absolute atomic E-state index is 0.929. The summed E-state index contributed by atoms with van der Waals surface area (Å²) < 4.78 is 0. The van der Waals surface area contributed by atoms with Crippen LogP contribution in [0.4, 0.5) is 0 Å². The molecule has 72 valence electrons. The second kappa shape index (κ2) is 7.17. The molecule has 0 radical (unpaired) electrons. The number of hydrogen-bond donors (Lipinski definition) is 1. The van der Waals surface area contributed by atoms with E-state index in [1.165, 1.54) is 12.8 Å². The van der Waals surface area contributed by atoms with Gasteiger partial charge in [0.1, 0.15) is 0 Å². The number of hydrogen-bond acceptors (Lipinski definition) is 2. The lowest BCUT2D eigenvalue weighted by molar-refractivity contribution is 0.296. The van der Waals surface area contributed by atoms with E-state index in [1.807, 2.05) is 13.0 Å². The molecule has 0 amide bonds. The molecule has 2 N–H and O–H groups in total. The van der Waals surface area contributed by atoms with Gasteiger partial charge < -0.3 is 5.73 Å². The molecule has 0 rings (SSSR count). The molecule has 0 saturated heterocycles. The minimum Gasteiger partial charge on any atom is -0.401 e. The van der Waals surface area contributed by atoms with Gasteiger partial charge in [-0.1, -0.05) is 19.9 Å². The SMILES string of the molecule is C/C=C(\N)CN(CCC)CCC. The van der Waals surface area contributed by atoms with Crippen molar-refractivity contribution in [3.8, 4) is 0 Å². The molecule has 0 aromatic carbocycles. The third-order valence-corrected chi connectivity index (χ3v) is 1.86. The molecule has 12 heavy (non-hydrogen) atoms. The van der Waals surface area contributed by atoms with Gasteiger partial charge >= 0.3 is 0 Å². The van der Waals surface area contributed by atoms with Gasteiger partial charge in [0.25, 0.3) is 0 Å².